The number of hydrogen-bond acceptors (Lipinski definition) is 9. The monoisotopic (exact) mass is 502 g/mol. The van der Waals surface area contributed by atoms with Gasteiger partial charge in [0.15, 0.2) is 5.76 Å². The second-order valence-electron chi connectivity index (χ2n) is 7.63. The van der Waals surface area contributed by atoms with Crippen molar-refractivity contribution in [2.45, 2.75) is 24.9 Å². The molecule has 0 aliphatic carbocycles. The highest BCUT2D eigenvalue weighted by molar-refractivity contribution is 8.00. The minimum atomic E-state index is -1.30. The van der Waals surface area contributed by atoms with Crippen LogP contribution in [-0.4, -0.2) is 64.6 Å². The van der Waals surface area contributed by atoms with Gasteiger partial charge in [0.1, 0.15) is 47.6 Å². The molecule has 0 spiro atoms. The fourth-order valence-corrected chi connectivity index (χ4v) is 4.93. The minimum absolute atomic E-state index is 0.00469. The van der Waals surface area contributed by atoms with E-state index in [0.29, 0.717) is 22.8 Å². The van der Waals surface area contributed by atoms with Crippen molar-refractivity contribution in [1.82, 2.24) is 10.2 Å². The van der Waals surface area contributed by atoms with E-state index in [1.54, 1.807) is 37.4 Å². The van der Waals surface area contributed by atoms with E-state index in [9.17, 15) is 24.3 Å². The van der Waals surface area contributed by atoms with E-state index in [2.05, 4.69) is 5.32 Å². The normalized spacial score (nSPS) is 18.9. The number of carboxylic acids is 1. The predicted molar refractivity (Wildman–Crippen MR) is 122 cm³/mol. The summed E-state index contributed by atoms with van der Waals surface area (Å²) in [6.07, 6.45) is 0. The van der Waals surface area contributed by atoms with E-state index < -0.39 is 35.2 Å². The first-order valence-corrected chi connectivity index (χ1v) is 11.5. The molecule has 35 heavy (non-hydrogen) atoms. The molecule has 12 heteroatoms. The Labute approximate surface area is 204 Å². The molecule has 2 aromatic rings. The highest BCUT2D eigenvalue weighted by atomic mass is 32.2. The van der Waals surface area contributed by atoms with Crippen LogP contribution in [0.3, 0.4) is 0 Å². The summed E-state index contributed by atoms with van der Waals surface area (Å²) >= 11 is 1.27. The van der Waals surface area contributed by atoms with Crippen molar-refractivity contribution in [2.75, 3.05) is 19.5 Å². The van der Waals surface area contributed by atoms with Crippen molar-refractivity contribution in [1.29, 1.82) is 0 Å². The third kappa shape index (κ3) is 5.11. The quantitative estimate of drug-likeness (QED) is 0.384. The first-order valence-electron chi connectivity index (χ1n) is 10.5. The maximum Gasteiger partial charge on any atom is 0.352 e. The van der Waals surface area contributed by atoms with E-state index in [0.717, 1.165) is 4.90 Å². The van der Waals surface area contributed by atoms with Crippen molar-refractivity contribution in [3.05, 3.63) is 59.2 Å². The van der Waals surface area contributed by atoms with Crippen LogP contribution in [0.15, 0.2) is 52.1 Å². The van der Waals surface area contributed by atoms with Crippen LogP contribution in [0.25, 0.3) is 0 Å². The summed E-state index contributed by atoms with van der Waals surface area (Å²) in [5.74, 6) is -1.10. The van der Waals surface area contributed by atoms with Crippen LogP contribution in [0.5, 0.6) is 11.5 Å². The SMILES string of the molecule is COc1ccc(OCc2ccc(C(=O)N[C@H]3C(=O)N4C(C(=O)O)=C(COC(C)=O)CS[C@H]34)o2)cc1. The molecule has 0 saturated carbocycles. The molecule has 2 aliphatic rings. The van der Waals surface area contributed by atoms with E-state index in [-0.39, 0.29) is 30.4 Å². The average molecular weight is 503 g/mol. The number of aliphatic carboxylic acids is 1. The lowest BCUT2D eigenvalue weighted by molar-refractivity contribution is -0.149. The molecule has 184 valence electrons. The summed E-state index contributed by atoms with van der Waals surface area (Å²) < 4.78 is 21.2. The third-order valence-corrected chi connectivity index (χ3v) is 6.65. The largest absolute Gasteiger partial charge is 0.497 e. The average Bonchev–Trinajstić information content (AvgIpc) is 3.33. The summed E-state index contributed by atoms with van der Waals surface area (Å²) in [4.78, 5) is 49.3. The zero-order valence-corrected chi connectivity index (χ0v) is 19.6. The smallest absolute Gasteiger partial charge is 0.352 e. The zero-order valence-electron chi connectivity index (χ0n) is 18.8. The van der Waals surface area contributed by atoms with Gasteiger partial charge in [-0.05, 0) is 36.4 Å². The molecule has 0 radical (unpaired) electrons. The van der Waals surface area contributed by atoms with Gasteiger partial charge in [-0.15, -0.1) is 11.8 Å². The molecule has 3 heterocycles. The van der Waals surface area contributed by atoms with E-state index in [1.807, 2.05) is 0 Å². The van der Waals surface area contributed by atoms with Crippen LogP contribution < -0.4 is 14.8 Å². The number of benzene rings is 1. The number of ether oxygens (including phenoxy) is 3. The van der Waals surface area contributed by atoms with Gasteiger partial charge in [0.05, 0.1) is 7.11 Å². The summed E-state index contributed by atoms with van der Waals surface area (Å²) in [5, 5.41) is 11.6. The van der Waals surface area contributed by atoms with Gasteiger partial charge >= 0.3 is 11.9 Å². The van der Waals surface area contributed by atoms with Gasteiger partial charge in [0.25, 0.3) is 11.8 Å². The van der Waals surface area contributed by atoms with Gasteiger partial charge in [-0.1, -0.05) is 0 Å². The fraction of sp³-hybridized carbons (Fsp3) is 0.304. The Kier molecular flexibility index (Phi) is 7.01. The Morgan fingerprint density at radius 3 is 2.51 bits per heavy atom. The van der Waals surface area contributed by atoms with Crippen LogP contribution in [0.2, 0.25) is 0 Å². The number of hydrogen-bond donors (Lipinski definition) is 2. The number of carbonyl (C=O) groups excluding carboxylic acids is 3. The first kappa shape index (κ1) is 24.2. The molecule has 2 atom stereocenters. The molecule has 4 rings (SSSR count). The van der Waals surface area contributed by atoms with Crippen molar-refractivity contribution in [2.24, 2.45) is 0 Å². The van der Waals surface area contributed by atoms with Gasteiger partial charge in [0.2, 0.25) is 0 Å². The second-order valence-corrected chi connectivity index (χ2v) is 8.73. The Morgan fingerprint density at radius 2 is 1.86 bits per heavy atom. The second kappa shape index (κ2) is 10.1. The summed E-state index contributed by atoms with van der Waals surface area (Å²) in [6, 6.07) is 9.13. The number of carbonyl (C=O) groups is 4. The Hall–Kier alpha value is -3.93. The molecule has 2 aliphatic heterocycles. The number of methoxy groups -OCH3 is 1. The number of fused-ring (bicyclic) bond motifs is 1. The van der Waals surface area contributed by atoms with Gasteiger partial charge in [-0.3, -0.25) is 19.3 Å². The number of rotatable bonds is 9. The van der Waals surface area contributed by atoms with E-state index >= 15 is 0 Å². The minimum Gasteiger partial charge on any atom is -0.497 e. The molecule has 11 nitrogen and oxygen atoms in total. The van der Waals surface area contributed by atoms with Crippen LogP contribution in [0.1, 0.15) is 23.2 Å². The zero-order chi connectivity index (χ0) is 25.1. The molecule has 2 amide bonds. The number of β-lactam (4-membered cyclic amide) rings is 1. The van der Waals surface area contributed by atoms with Crippen molar-refractivity contribution >= 4 is 35.5 Å². The Morgan fingerprint density at radius 1 is 1.14 bits per heavy atom. The molecule has 1 aromatic carbocycles. The van der Waals surface area contributed by atoms with E-state index in [4.69, 9.17) is 18.6 Å². The molecule has 1 fully saturated rings. The fourth-order valence-electron chi connectivity index (χ4n) is 3.60. The number of thioether (sulfide) groups is 1. The van der Waals surface area contributed by atoms with Crippen molar-refractivity contribution in [3.8, 4) is 11.5 Å². The topological polar surface area (TPSA) is 145 Å². The maximum atomic E-state index is 12.7. The number of nitrogens with one attached hydrogen (secondary N) is 1. The summed E-state index contributed by atoms with van der Waals surface area (Å²) in [7, 11) is 1.57. The molecule has 0 bridgehead atoms. The number of esters is 1. The van der Waals surface area contributed by atoms with Gasteiger partial charge in [-0.25, -0.2) is 4.79 Å². The maximum absolute atomic E-state index is 12.7. The number of carboxylic acid groups (broad SMARTS) is 1. The van der Waals surface area contributed by atoms with Crippen molar-refractivity contribution in [3.63, 3.8) is 0 Å². The molecule has 2 N–H and O–H groups in total. The molecule has 1 saturated heterocycles. The number of amides is 2. The summed E-state index contributed by atoms with van der Waals surface area (Å²) in [5.41, 5.74) is 0.0982. The molecule has 0 unspecified atom stereocenters. The van der Waals surface area contributed by atoms with Crippen LogP contribution in [0, 0.1) is 0 Å². The predicted octanol–water partition coefficient (Wildman–Crippen LogP) is 1.78. The standard InChI is InChI=1S/C23H22N2O9S/c1-12(26)32-9-13-11-35-22-18(21(28)25(22)19(13)23(29)30)24-20(27)17-8-7-16(34-17)10-33-15-5-3-14(31-2)4-6-15/h3-8,18,22H,9-11H2,1-2H3,(H,24,27)(H,29,30)/t18-,22+/m0/s1. The lowest BCUT2D eigenvalue weighted by Gasteiger charge is -2.49. The highest BCUT2D eigenvalue weighted by Crippen LogP contribution is 2.40. The van der Waals surface area contributed by atoms with Gasteiger partial charge < -0.3 is 29.1 Å². The highest BCUT2D eigenvalue weighted by Gasteiger charge is 2.54. The lowest BCUT2D eigenvalue weighted by atomic mass is 10.0. The molecule has 1 aromatic heterocycles. The summed E-state index contributed by atoms with van der Waals surface area (Å²) in [6.45, 7) is 1.09. The Bertz CT molecular complexity index is 1190. The van der Waals surface area contributed by atoms with Crippen LogP contribution in [0.4, 0.5) is 0 Å². The van der Waals surface area contributed by atoms with Crippen molar-refractivity contribution < 1.29 is 42.9 Å². The number of nitrogens with zero attached hydrogens (tertiary/aromatic N) is 1. The third-order valence-electron chi connectivity index (χ3n) is 5.31. The molecular formula is C23H22N2O9S. The first-order chi connectivity index (χ1) is 16.8. The lowest BCUT2D eigenvalue weighted by Crippen LogP contribution is -2.70. The van der Waals surface area contributed by atoms with Gasteiger partial charge in [-0.2, -0.15) is 0 Å². The number of furan rings is 1. The van der Waals surface area contributed by atoms with Gasteiger partial charge in [0, 0.05) is 18.2 Å². The molecular weight excluding hydrogens is 480 g/mol. The van der Waals surface area contributed by atoms with Crippen LogP contribution >= 0.6 is 11.8 Å². The van der Waals surface area contributed by atoms with E-state index in [1.165, 1.54) is 24.8 Å². The van der Waals surface area contributed by atoms with Crippen LogP contribution in [-0.2, 0) is 25.7 Å². The Balaban J connectivity index is 1.36.